The van der Waals surface area contributed by atoms with Gasteiger partial charge in [-0.3, -0.25) is 33.8 Å². The first-order chi connectivity index (χ1) is 27.1. The molecule has 3 rings (SSSR count). The van der Waals surface area contributed by atoms with Crippen molar-refractivity contribution in [1.29, 1.82) is 0 Å². The predicted octanol–water partition coefficient (Wildman–Crippen LogP) is 13.1. The Morgan fingerprint density at radius 2 is 1.04 bits per heavy atom. The number of thioether (sulfide) groups is 1. The number of likely N-dealkylation sites (tertiary alicyclic amines) is 1. The zero-order valence-electron chi connectivity index (χ0n) is 50.0. The number of hydrogen-bond acceptors (Lipinski definition) is 13. The van der Waals surface area contributed by atoms with Crippen molar-refractivity contribution in [3.8, 4) is 0 Å². The van der Waals surface area contributed by atoms with Gasteiger partial charge in [0.15, 0.2) is 9.84 Å². The van der Waals surface area contributed by atoms with Crippen LogP contribution in [0.2, 0.25) is 0 Å². The van der Waals surface area contributed by atoms with Crippen molar-refractivity contribution in [2.24, 2.45) is 5.92 Å². The molecule has 8 radical (unpaired) electrons. The summed E-state index contributed by atoms with van der Waals surface area (Å²) in [7, 11) is 2.31. The number of aromatic nitrogens is 1. The topological polar surface area (TPSA) is 185 Å². The molecule has 0 saturated carbocycles. The fourth-order valence-electron chi connectivity index (χ4n) is 2.08. The van der Waals surface area contributed by atoms with Crippen LogP contribution in [0.1, 0.15) is 61.8 Å². The molecule has 2 aliphatic heterocycles. The molecule has 1 unspecified atom stereocenters. The number of carbonyl (C=O) groups excluding carboxylic acids is 5. The Morgan fingerprint density at radius 1 is 0.744 bits per heavy atom. The Kier molecular flexibility index (Phi) is 328. The fourth-order valence-corrected chi connectivity index (χ4v) is 3.68. The number of amides is 5. The molecule has 1 N–H and O–H groups in total. The van der Waals surface area contributed by atoms with Gasteiger partial charge in [-0.05, 0) is 35.4 Å². The normalized spacial score (nSPS) is 9.50. The van der Waals surface area contributed by atoms with Crippen LogP contribution in [0.4, 0.5) is 0 Å². The number of halogens is 1. The summed E-state index contributed by atoms with van der Waals surface area (Å²) >= 11 is 3.75. The van der Waals surface area contributed by atoms with E-state index >= 15 is 0 Å². The predicted molar refractivity (Wildman–Crippen MR) is 340 cm³/mol. The summed E-state index contributed by atoms with van der Waals surface area (Å²) in [6, 6.07) is 5.91. The number of sulfone groups is 2. The largest absolute Gasteiger partial charge is 2.00 e. The molecule has 0 aliphatic carbocycles. The Bertz CT molecular complexity index is 1410. The van der Waals surface area contributed by atoms with Gasteiger partial charge in [-0.1, -0.05) is 73.6 Å². The number of carbonyl (C=O) groups is 5. The summed E-state index contributed by atoms with van der Waals surface area (Å²) < 4.78 is 40.2. The van der Waals surface area contributed by atoms with Gasteiger partial charge in [0, 0.05) is 88.3 Å². The van der Waals surface area contributed by atoms with E-state index in [1.54, 1.807) is 67.4 Å². The van der Waals surface area contributed by atoms with Crippen LogP contribution in [0.25, 0.3) is 0 Å². The van der Waals surface area contributed by atoms with Gasteiger partial charge in [-0.2, -0.15) is 45.4 Å². The SMILES string of the molecule is C.C.C=CS(C)(=O)=O.CN1C(=O)C=CC1=O.CNC(=O)CI.CSSc1ccccn1.[CH2-]C.[CH2-]C.[CH2-]C.[CH2-]CC.[CH2-]CC1CC(=O)N(C)C1=O.[CH2-]CS(C)(=O)=O.[CH2-]CSC.[CH3-].[CH3-].[CH3-].[CH3-].[CH3-].[CH3-].[CH3-].[CH3-].[CH3-].[CH3-].[V+2].[V+2].[V+2].[V+2].[V+2].[V+2].[V+2].[V]. The quantitative estimate of drug-likeness (QED) is 0.0895. The number of nitrogens with one attached hydrogen (secondary N) is 1. The monoisotopic (exact) mass is 1620 g/mol. The van der Waals surface area contributed by atoms with Crippen LogP contribution in [0, 0.1) is 129 Å². The van der Waals surface area contributed by atoms with Crippen molar-refractivity contribution >= 4 is 105 Å². The minimum Gasteiger partial charge on any atom is -0.359 e. The number of alkyl halides is 1. The van der Waals surface area contributed by atoms with Crippen molar-refractivity contribution in [1.82, 2.24) is 20.1 Å². The Labute approximate surface area is 612 Å². The minimum atomic E-state index is -2.90. The fraction of sp³-hybridized carbons (Fsp3) is 0.392. The van der Waals surface area contributed by atoms with E-state index in [0.29, 0.717) is 17.3 Å². The van der Waals surface area contributed by atoms with Gasteiger partial charge in [0.25, 0.3) is 11.8 Å². The Morgan fingerprint density at radius 3 is 1.14 bits per heavy atom. The van der Waals surface area contributed by atoms with E-state index in [0.717, 1.165) is 40.0 Å². The molecule has 5 amide bonds. The number of imide groups is 2. The van der Waals surface area contributed by atoms with E-state index in [4.69, 9.17) is 0 Å². The summed E-state index contributed by atoms with van der Waals surface area (Å²) in [5.41, 5.74) is 0. The van der Waals surface area contributed by atoms with E-state index in [9.17, 15) is 40.8 Å². The zero-order chi connectivity index (χ0) is 47.9. The molecule has 0 bridgehead atoms. The van der Waals surface area contributed by atoms with Crippen molar-refractivity contribution in [3.05, 3.63) is 171 Å². The molecule has 1 atom stereocenters. The third-order valence-corrected chi connectivity index (χ3v) is 8.98. The maximum Gasteiger partial charge on any atom is 2.00 e. The van der Waals surface area contributed by atoms with Crippen LogP contribution in [-0.4, -0.2) is 123 Å². The molecule has 78 heavy (non-hydrogen) atoms. The molecule has 0 aromatic carbocycles. The van der Waals surface area contributed by atoms with E-state index in [-0.39, 0.29) is 279 Å². The molecule has 1 fully saturated rings. The third-order valence-electron chi connectivity index (χ3n) is 4.94. The van der Waals surface area contributed by atoms with Gasteiger partial charge < -0.3 is 128 Å². The molecule has 1 saturated heterocycles. The average molecular weight is 1620 g/mol. The van der Waals surface area contributed by atoms with Crippen molar-refractivity contribution in [2.75, 3.05) is 62.1 Å². The first-order valence-corrected chi connectivity index (χ1v) is 26.5. The summed E-state index contributed by atoms with van der Waals surface area (Å²) in [6.07, 6.45) is 12.5. The van der Waals surface area contributed by atoms with E-state index in [1.807, 2.05) is 60.2 Å². The van der Waals surface area contributed by atoms with Crippen LogP contribution in [0.5, 0.6) is 0 Å². The number of pyridine rings is 1. The molecular formula is C51H108IN4O9S5V8-3. The molecule has 1 aromatic rings. The van der Waals surface area contributed by atoms with E-state index < -0.39 is 19.7 Å². The van der Waals surface area contributed by atoms with Crippen molar-refractivity contribution < 1.29 is 189 Å². The van der Waals surface area contributed by atoms with Gasteiger partial charge in [-0.25, -0.2) is 21.8 Å². The van der Waals surface area contributed by atoms with Crippen LogP contribution in [-0.2, 0) is 192 Å². The van der Waals surface area contributed by atoms with Gasteiger partial charge in [0.2, 0.25) is 17.7 Å². The van der Waals surface area contributed by atoms with Crippen LogP contribution >= 0.6 is 55.9 Å². The average Bonchev–Trinajstić information content (AvgIpc) is 3.66. The number of rotatable bonds is 7. The van der Waals surface area contributed by atoms with Crippen molar-refractivity contribution in [2.45, 2.75) is 66.8 Å². The van der Waals surface area contributed by atoms with Crippen molar-refractivity contribution in [3.63, 3.8) is 0 Å². The molecule has 13 nitrogen and oxygen atoms in total. The van der Waals surface area contributed by atoms with Gasteiger partial charge >= 0.3 is 130 Å². The van der Waals surface area contributed by atoms with Gasteiger partial charge in [0.05, 0.1) is 4.43 Å². The number of nitrogens with zero attached hydrogens (tertiary/aromatic N) is 3. The smallest absolute Gasteiger partial charge is 0.359 e. The zero-order valence-corrected chi connectivity index (χ0v) is 67.4. The standard InChI is InChI=1S/C7H10NO2.C6H7NS2.C5H5NO2.C3H6INO.C3H7O2S.C3H6O2S.C3H7S.C3H7.3C2H5.2CH4.10CH3.8V/c1-3-5-4-6(9)8(2)7(5)10;1-8-9-6-4-2-3-5-7-6;1-6-4(7)2-3-5(6)8;1-5-3(6)2-4;2*1-3-6(2,4)5;1-3-4-2;1-3-2;3*1-2;;;;;;;;;;;;;;;;;;;;/h5H,1,3-4H2,2H3;2-5H,1H3;2-3H,1H3;2H2,1H3,(H,5,6);1,3H2,2H3;3H,1H2,2H3;1,3H2,2H3;1,3H2,2H3;3*1H2,2H3;2*1H4;10*1H3;;;;;;;;/q-1;;;;-1;;5*-1;;;10*-1;;7*+2. The van der Waals surface area contributed by atoms with E-state index in [2.05, 4.69) is 65.3 Å². The second-order valence-corrected chi connectivity index (χ2v) is 17.8. The van der Waals surface area contributed by atoms with Crippen LogP contribution in [0.15, 0.2) is 53.6 Å². The number of likely N-dealkylation sites (N-methyl/N-ethyl adjacent to an activating group) is 1. The first kappa shape index (κ1) is 185. The molecule has 2 aliphatic rings. The molecule has 1 aromatic heterocycles. The summed E-state index contributed by atoms with van der Waals surface area (Å²) in [6.45, 7) is 33.9. The third kappa shape index (κ3) is 153. The van der Waals surface area contributed by atoms with Crippen LogP contribution in [0.3, 0.4) is 0 Å². The summed E-state index contributed by atoms with van der Waals surface area (Å²) in [4.78, 5) is 59.1. The molecule has 0 spiro atoms. The first-order valence-electron chi connectivity index (χ1n) is 17.0. The molecule has 27 heteroatoms. The Hall–Kier alpha value is 2.74. The van der Waals surface area contributed by atoms with Gasteiger partial charge in [-0.15, -0.1) is 5.75 Å². The molecule has 3 heterocycles. The maximum atomic E-state index is 11.0. The summed E-state index contributed by atoms with van der Waals surface area (Å²) in [5.74, 6) is 0.254. The van der Waals surface area contributed by atoms with E-state index in [1.165, 1.54) is 31.1 Å². The van der Waals surface area contributed by atoms with Gasteiger partial charge in [0.1, 0.15) is 14.9 Å². The number of hydrogen-bond donors (Lipinski definition) is 1. The minimum absolute atomic E-state index is 0. The second-order valence-electron chi connectivity index (χ2n) is 9.39. The molecular weight excluding hydrogens is 1510 g/mol. The molecule has 466 valence electrons. The van der Waals surface area contributed by atoms with Crippen LogP contribution < -0.4 is 5.32 Å². The summed E-state index contributed by atoms with van der Waals surface area (Å²) in [5, 5.41) is 4.45. The second kappa shape index (κ2) is 139. The maximum absolute atomic E-state index is 11.0. The Balaban J connectivity index is -0.0000000136.